The van der Waals surface area contributed by atoms with Gasteiger partial charge in [-0.25, -0.2) is 14.8 Å². The van der Waals surface area contributed by atoms with E-state index in [1.165, 1.54) is 29.7 Å². The molecule has 4 rings (SSSR count). The maximum absolute atomic E-state index is 12.9. The van der Waals surface area contributed by atoms with Crippen molar-refractivity contribution in [2.45, 2.75) is 20.1 Å². The van der Waals surface area contributed by atoms with Crippen LogP contribution >= 0.6 is 11.3 Å². The van der Waals surface area contributed by atoms with Gasteiger partial charge in [0, 0.05) is 23.2 Å². The first-order chi connectivity index (χ1) is 16.5. The van der Waals surface area contributed by atoms with Crippen molar-refractivity contribution in [1.82, 2.24) is 9.97 Å². The lowest BCUT2D eigenvalue weighted by Gasteiger charge is -2.12. The van der Waals surface area contributed by atoms with E-state index in [4.69, 9.17) is 14.6 Å². The smallest absolute Gasteiger partial charge is 0.337 e. The van der Waals surface area contributed by atoms with Gasteiger partial charge in [0.05, 0.1) is 16.3 Å². The van der Waals surface area contributed by atoms with E-state index < -0.39 is 11.9 Å². The number of carboxylic acids is 1. The number of benzene rings is 2. The third-order valence-electron chi connectivity index (χ3n) is 4.70. The Labute approximate surface area is 199 Å². The Morgan fingerprint density at radius 2 is 1.71 bits per heavy atom. The van der Waals surface area contributed by atoms with Crippen LogP contribution in [0.4, 0.5) is 5.82 Å². The monoisotopic (exact) mass is 475 g/mol. The first-order valence-electron chi connectivity index (χ1n) is 10.3. The van der Waals surface area contributed by atoms with Crippen molar-refractivity contribution in [2.24, 2.45) is 0 Å². The van der Waals surface area contributed by atoms with Gasteiger partial charge in [0.2, 0.25) is 0 Å². The number of pyridine rings is 1. The van der Waals surface area contributed by atoms with E-state index in [1.54, 1.807) is 18.2 Å². The van der Waals surface area contributed by atoms with Crippen molar-refractivity contribution >= 4 is 29.0 Å². The average Bonchev–Trinajstić information content (AvgIpc) is 3.27. The van der Waals surface area contributed by atoms with Crippen LogP contribution in [-0.2, 0) is 13.2 Å². The lowest BCUT2D eigenvalue weighted by molar-refractivity contribution is 0.0696. The van der Waals surface area contributed by atoms with Crippen LogP contribution in [0.25, 0.3) is 0 Å². The number of nitrogens with one attached hydrogen (secondary N) is 1. The number of thiazole rings is 1. The third kappa shape index (κ3) is 6.17. The van der Waals surface area contributed by atoms with E-state index in [2.05, 4.69) is 15.3 Å². The first-order valence-corrected chi connectivity index (χ1v) is 11.2. The number of carboxylic acid groups (broad SMARTS) is 1. The number of aromatic carboxylic acids is 1. The standard InChI is InChI=1S/C25H21N3O5S/c1-16-27-20(15-34-16)14-33-22-10-19(9-21(11-22)32-13-17-5-3-2-4-6-17)24(29)28-23-8-7-18(12-26-23)25(30)31/h2-12,15H,13-14H2,1H3,(H,30,31)(H,26,28,29). The number of hydrogen-bond donors (Lipinski definition) is 2. The number of carbonyl (C=O) groups is 2. The summed E-state index contributed by atoms with van der Waals surface area (Å²) in [7, 11) is 0. The molecule has 0 radical (unpaired) electrons. The minimum absolute atomic E-state index is 0.0299. The first kappa shape index (κ1) is 22.9. The average molecular weight is 476 g/mol. The van der Waals surface area contributed by atoms with Crippen LogP contribution in [-0.4, -0.2) is 27.0 Å². The number of rotatable bonds is 9. The zero-order valence-corrected chi connectivity index (χ0v) is 19.0. The molecule has 0 aliphatic rings. The van der Waals surface area contributed by atoms with E-state index in [0.717, 1.165) is 16.3 Å². The number of hydrogen-bond acceptors (Lipinski definition) is 7. The molecule has 2 aromatic carbocycles. The maximum Gasteiger partial charge on any atom is 0.337 e. The van der Waals surface area contributed by atoms with Crippen molar-refractivity contribution in [3.8, 4) is 11.5 Å². The Balaban J connectivity index is 1.53. The van der Waals surface area contributed by atoms with Gasteiger partial charge in [0.1, 0.15) is 30.5 Å². The predicted octanol–water partition coefficient (Wildman–Crippen LogP) is 4.96. The molecule has 0 aliphatic heterocycles. The fourth-order valence-corrected chi connectivity index (χ4v) is 3.62. The Morgan fingerprint density at radius 3 is 2.32 bits per heavy atom. The number of amides is 1. The minimum atomic E-state index is -1.09. The van der Waals surface area contributed by atoms with Crippen LogP contribution < -0.4 is 14.8 Å². The van der Waals surface area contributed by atoms with E-state index in [9.17, 15) is 9.59 Å². The number of ether oxygens (including phenoxy) is 2. The molecule has 4 aromatic rings. The van der Waals surface area contributed by atoms with Crippen molar-refractivity contribution in [3.63, 3.8) is 0 Å². The molecule has 8 nitrogen and oxygen atoms in total. The molecular weight excluding hydrogens is 454 g/mol. The van der Waals surface area contributed by atoms with Gasteiger partial charge in [-0.2, -0.15) is 0 Å². The summed E-state index contributed by atoms with van der Waals surface area (Å²) in [5.74, 6) is -0.377. The molecule has 2 aromatic heterocycles. The van der Waals surface area contributed by atoms with E-state index in [1.807, 2.05) is 42.6 Å². The molecule has 0 saturated carbocycles. The summed E-state index contributed by atoms with van der Waals surface area (Å²) in [5.41, 5.74) is 2.12. The molecule has 2 heterocycles. The van der Waals surface area contributed by atoms with Gasteiger partial charge in [0.25, 0.3) is 5.91 Å². The highest BCUT2D eigenvalue weighted by molar-refractivity contribution is 7.09. The molecule has 0 atom stereocenters. The highest BCUT2D eigenvalue weighted by atomic mass is 32.1. The van der Waals surface area contributed by atoms with Gasteiger partial charge in [-0.1, -0.05) is 30.3 Å². The Bertz CT molecular complexity index is 1290. The van der Waals surface area contributed by atoms with E-state index >= 15 is 0 Å². The summed E-state index contributed by atoms with van der Waals surface area (Å²) < 4.78 is 11.8. The second-order valence-electron chi connectivity index (χ2n) is 7.31. The van der Waals surface area contributed by atoms with Crippen LogP contribution in [0, 0.1) is 6.92 Å². The lowest BCUT2D eigenvalue weighted by Crippen LogP contribution is -2.14. The van der Waals surface area contributed by atoms with Crippen LogP contribution in [0.3, 0.4) is 0 Å². The fourth-order valence-electron chi connectivity index (χ4n) is 3.03. The fraction of sp³-hybridized carbons (Fsp3) is 0.120. The molecule has 1 amide bonds. The van der Waals surface area contributed by atoms with Crippen LogP contribution in [0.1, 0.15) is 37.0 Å². The topological polar surface area (TPSA) is 111 Å². The quantitative estimate of drug-likeness (QED) is 0.352. The molecule has 34 heavy (non-hydrogen) atoms. The Hall–Kier alpha value is -4.24. The second kappa shape index (κ2) is 10.6. The Morgan fingerprint density at radius 1 is 0.971 bits per heavy atom. The maximum atomic E-state index is 12.9. The summed E-state index contributed by atoms with van der Waals surface area (Å²) >= 11 is 1.54. The van der Waals surface area contributed by atoms with Crippen LogP contribution in [0.5, 0.6) is 11.5 Å². The number of anilines is 1. The predicted molar refractivity (Wildman–Crippen MR) is 128 cm³/mol. The van der Waals surface area contributed by atoms with Gasteiger partial charge >= 0.3 is 5.97 Å². The molecule has 0 saturated heterocycles. The highest BCUT2D eigenvalue weighted by Crippen LogP contribution is 2.26. The largest absolute Gasteiger partial charge is 0.489 e. The molecule has 0 spiro atoms. The molecule has 0 fully saturated rings. The van der Waals surface area contributed by atoms with Gasteiger partial charge in [-0.05, 0) is 36.8 Å². The SMILES string of the molecule is Cc1nc(COc2cc(OCc3ccccc3)cc(C(=O)Nc3ccc(C(=O)O)cn3)c2)cs1. The number of nitrogens with zero attached hydrogens (tertiary/aromatic N) is 2. The van der Waals surface area contributed by atoms with E-state index in [-0.39, 0.29) is 18.0 Å². The van der Waals surface area contributed by atoms with Crippen molar-refractivity contribution < 1.29 is 24.2 Å². The summed E-state index contributed by atoms with van der Waals surface area (Å²) in [6, 6.07) is 17.4. The molecule has 0 bridgehead atoms. The van der Waals surface area contributed by atoms with Crippen molar-refractivity contribution in [3.05, 3.63) is 99.6 Å². The molecule has 172 valence electrons. The van der Waals surface area contributed by atoms with Crippen molar-refractivity contribution in [2.75, 3.05) is 5.32 Å². The summed E-state index contributed by atoms with van der Waals surface area (Å²) in [4.78, 5) is 32.3. The summed E-state index contributed by atoms with van der Waals surface area (Å²) in [5, 5.41) is 14.5. The van der Waals surface area contributed by atoms with Crippen molar-refractivity contribution in [1.29, 1.82) is 0 Å². The molecular formula is C25H21N3O5S. The van der Waals surface area contributed by atoms with Gasteiger partial charge in [-0.15, -0.1) is 11.3 Å². The number of aromatic nitrogens is 2. The van der Waals surface area contributed by atoms with Gasteiger partial charge in [0.15, 0.2) is 0 Å². The van der Waals surface area contributed by atoms with Gasteiger partial charge in [-0.3, -0.25) is 4.79 Å². The zero-order chi connectivity index (χ0) is 23.9. The van der Waals surface area contributed by atoms with Crippen LogP contribution in [0.15, 0.2) is 72.2 Å². The van der Waals surface area contributed by atoms with Gasteiger partial charge < -0.3 is 19.9 Å². The second-order valence-corrected chi connectivity index (χ2v) is 8.37. The highest BCUT2D eigenvalue weighted by Gasteiger charge is 2.13. The zero-order valence-electron chi connectivity index (χ0n) is 18.2. The normalized spacial score (nSPS) is 10.5. The summed E-state index contributed by atoms with van der Waals surface area (Å²) in [6.07, 6.45) is 1.18. The third-order valence-corrected chi connectivity index (χ3v) is 5.52. The minimum Gasteiger partial charge on any atom is -0.489 e. The van der Waals surface area contributed by atoms with E-state index in [0.29, 0.717) is 23.7 Å². The Kier molecular flexibility index (Phi) is 7.14. The number of carbonyl (C=O) groups excluding carboxylic acids is 1. The molecule has 2 N–H and O–H groups in total. The molecule has 9 heteroatoms. The molecule has 0 aliphatic carbocycles. The lowest BCUT2D eigenvalue weighted by atomic mass is 10.1. The number of aryl methyl sites for hydroxylation is 1. The molecule has 0 unspecified atom stereocenters. The summed E-state index contributed by atoms with van der Waals surface area (Å²) in [6.45, 7) is 2.51. The van der Waals surface area contributed by atoms with Crippen LogP contribution in [0.2, 0.25) is 0 Å².